The molecule has 1 N–H and O–H groups in total. The Hall–Kier alpha value is -2.89. The standard InChI is InChI=1S/C20H21FN2O3/c1-13-11-15(7-8-16(13)21)12-22-19(24)9-10-23-17-5-3-4-6-18(17)26-14(2)20(23)25/h3-8,11,14H,9-10,12H2,1-2H3,(H,22,24)/t14-/m0/s1. The van der Waals surface area contributed by atoms with Gasteiger partial charge in [-0.2, -0.15) is 0 Å². The van der Waals surface area contributed by atoms with Crippen molar-refractivity contribution < 1.29 is 18.7 Å². The van der Waals surface area contributed by atoms with Crippen molar-refractivity contribution in [2.45, 2.75) is 32.9 Å². The summed E-state index contributed by atoms with van der Waals surface area (Å²) in [4.78, 5) is 26.1. The number of amides is 2. The average Bonchev–Trinajstić information content (AvgIpc) is 2.63. The number of nitrogens with zero attached hydrogens (tertiary/aromatic N) is 1. The van der Waals surface area contributed by atoms with Crippen LogP contribution >= 0.6 is 0 Å². The third-order valence-corrected chi connectivity index (χ3v) is 4.35. The Kier molecular flexibility index (Phi) is 5.21. The van der Waals surface area contributed by atoms with Crippen LogP contribution in [0.15, 0.2) is 42.5 Å². The minimum absolute atomic E-state index is 0.161. The number of ether oxygens (including phenoxy) is 1. The van der Waals surface area contributed by atoms with Gasteiger partial charge in [-0.3, -0.25) is 9.59 Å². The maximum atomic E-state index is 13.3. The first-order valence-electron chi connectivity index (χ1n) is 8.54. The summed E-state index contributed by atoms with van der Waals surface area (Å²) in [7, 11) is 0. The SMILES string of the molecule is Cc1cc(CNC(=O)CCN2C(=O)[C@H](C)Oc3ccccc32)ccc1F. The molecule has 2 aromatic carbocycles. The number of nitrogens with one attached hydrogen (secondary N) is 1. The number of carbonyl (C=O) groups is 2. The molecule has 6 heteroatoms. The van der Waals surface area contributed by atoms with Gasteiger partial charge in [0.25, 0.3) is 5.91 Å². The number of anilines is 1. The molecule has 5 nitrogen and oxygen atoms in total. The van der Waals surface area contributed by atoms with Gasteiger partial charge in [0, 0.05) is 19.5 Å². The fourth-order valence-corrected chi connectivity index (χ4v) is 2.91. The summed E-state index contributed by atoms with van der Waals surface area (Å²) < 4.78 is 18.9. The molecule has 0 saturated carbocycles. The molecule has 0 bridgehead atoms. The highest BCUT2D eigenvalue weighted by atomic mass is 19.1. The van der Waals surface area contributed by atoms with Crippen LogP contribution in [0.3, 0.4) is 0 Å². The zero-order chi connectivity index (χ0) is 18.7. The zero-order valence-corrected chi connectivity index (χ0v) is 14.8. The highest BCUT2D eigenvalue weighted by Gasteiger charge is 2.31. The van der Waals surface area contributed by atoms with Crippen LogP contribution in [-0.4, -0.2) is 24.5 Å². The summed E-state index contributed by atoms with van der Waals surface area (Å²) >= 11 is 0. The van der Waals surface area contributed by atoms with Crippen LogP contribution in [0.1, 0.15) is 24.5 Å². The van der Waals surface area contributed by atoms with Gasteiger partial charge in [0.2, 0.25) is 5.91 Å². The number of para-hydroxylation sites is 2. The second-order valence-electron chi connectivity index (χ2n) is 6.33. The lowest BCUT2D eigenvalue weighted by Crippen LogP contribution is -2.45. The Labute approximate surface area is 151 Å². The molecular formula is C20H21FN2O3. The monoisotopic (exact) mass is 356 g/mol. The smallest absolute Gasteiger partial charge is 0.267 e. The van der Waals surface area contributed by atoms with Gasteiger partial charge >= 0.3 is 0 Å². The molecule has 1 aliphatic heterocycles. The zero-order valence-electron chi connectivity index (χ0n) is 14.8. The number of aryl methyl sites for hydroxylation is 1. The number of rotatable bonds is 5. The Bertz CT molecular complexity index is 838. The van der Waals surface area contributed by atoms with Crippen molar-refractivity contribution in [3.8, 4) is 5.75 Å². The van der Waals surface area contributed by atoms with E-state index in [9.17, 15) is 14.0 Å². The predicted octanol–water partition coefficient (Wildman–Crippen LogP) is 2.95. The van der Waals surface area contributed by atoms with E-state index in [0.29, 0.717) is 23.5 Å². The Balaban J connectivity index is 1.58. The predicted molar refractivity (Wildman–Crippen MR) is 96.5 cm³/mol. The van der Waals surface area contributed by atoms with Gasteiger partial charge in [0.05, 0.1) is 5.69 Å². The van der Waals surface area contributed by atoms with Crippen molar-refractivity contribution in [3.63, 3.8) is 0 Å². The van der Waals surface area contributed by atoms with Gasteiger partial charge in [-0.1, -0.05) is 24.3 Å². The molecule has 136 valence electrons. The highest BCUT2D eigenvalue weighted by molar-refractivity contribution is 6.00. The number of hydrogen-bond donors (Lipinski definition) is 1. The Morgan fingerprint density at radius 3 is 2.81 bits per heavy atom. The van der Waals surface area contributed by atoms with Crippen molar-refractivity contribution in [1.82, 2.24) is 5.32 Å². The second-order valence-corrected chi connectivity index (χ2v) is 6.33. The lowest BCUT2D eigenvalue weighted by atomic mass is 10.1. The van der Waals surface area contributed by atoms with Gasteiger partial charge in [0.15, 0.2) is 6.10 Å². The van der Waals surface area contributed by atoms with Crippen LogP contribution in [0, 0.1) is 12.7 Å². The molecule has 0 saturated heterocycles. The number of fused-ring (bicyclic) bond motifs is 1. The van der Waals surface area contributed by atoms with Crippen LogP contribution in [0.5, 0.6) is 5.75 Å². The van der Waals surface area contributed by atoms with E-state index in [-0.39, 0.29) is 30.6 Å². The molecule has 2 amide bonds. The lowest BCUT2D eigenvalue weighted by Gasteiger charge is -2.32. The van der Waals surface area contributed by atoms with Crippen molar-refractivity contribution in [3.05, 3.63) is 59.4 Å². The third kappa shape index (κ3) is 3.85. The van der Waals surface area contributed by atoms with Gasteiger partial charge in [-0.15, -0.1) is 0 Å². The minimum atomic E-state index is -0.574. The fourth-order valence-electron chi connectivity index (χ4n) is 2.91. The summed E-state index contributed by atoms with van der Waals surface area (Å²) in [6.45, 7) is 3.98. The maximum Gasteiger partial charge on any atom is 0.267 e. The van der Waals surface area contributed by atoms with Crippen LogP contribution < -0.4 is 15.0 Å². The molecule has 0 radical (unpaired) electrons. The van der Waals surface area contributed by atoms with E-state index in [1.165, 1.54) is 6.07 Å². The average molecular weight is 356 g/mol. The Morgan fingerprint density at radius 1 is 1.27 bits per heavy atom. The Morgan fingerprint density at radius 2 is 2.04 bits per heavy atom. The molecule has 0 aromatic heterocycles. The van der Waals surface area contributed by atoms with Crippen molar-refractivity contribution >= 4 is 17.5 Å². The summed E-state index contributed by atoms with van der Waals surface area (Å²) in [6, 6.07) is 12.0. The van der Waals surface area contributed by atoms with Crippen LogP contribution in [0.2, 0.25) is 0 Å². The van der Waals surface area contributed by atoms with Gasteiger partial charge in [-0.05, 0) is 43.2 Å². The summed E-state index contributed by atoms with van der Waals surface area (Å²) in [6.07, 6.45) is -0.400. The van der Waals surface area contributed by atoms with Gasteiger partial charge in [0.1, 0.15) is 11.6 Å². The number of hydrogen-bond acceptors (Lipinski definition) is 3. The first-order valence-corrected chi connectivity index (χ1v) is 8.54. The molecule has 2 aromatic rings. The fraction of sp³-hybridized carbons (Fsp3) is 0.300. The first-order chi connectivity index (χ1) is 12.5. The molecule has 1 aliphatic rings. The molecule has 26 heavy (non-hydrogen) atoms. The van der Waals surface area contributed by atoms with Crippen molar-refractivity contribution in [2.24, 2.45) is 0 Å². The lowest BCUT2D eigenvalue weighted by molar-refractivity contribution is -0.125. The first kappa shape index (κ1) is 17.9. The normalized spacial score (nSPS) is 16.0. The quantitative estimate of drug-likeness (QED) is 0.896. The van der Waals surface area contributed by atoms with E-state index in [1.807, 2.05) is 18.2 Å². The van der Waals surface area contributed by atoms with Gasteiger partial charge in [-0.25, -0.2) is 4.39 Å². The van der Waals surface area contributed by atoms with Crippen molar-refractivity contribution in [2.75, 3.05) is 11.4 Å². The number of benzene rings is 2. The van der Waals surface area contributed by atoms with Gasteiger partial charge < -0.3 is 15.0 Å². The molecule has 0 spiro atoms. The van der Waals surface area contributed by atoms with E-state index in [1.54, 1.807) is 36.9 Å². The summed E-state index contributed by atoms with van der Waals surface area (Å²) in [5, 5.41) is 2.80. The number of halogens is 1. The molecular weight excluding hydrogens is 335 g/mol. The van der Waals surface area contributed by atoms with Crippen LogP contribution in [0.4, 0.5) is 10.1 Å². The van der Waals surface area contributed by atoms with E-state index >= 15 is 0 Å². The molecule has 1 heterocycles. The minimum Gasteiger partial charge on any atom is -0.479 e. The summed E-state index contributed by atoms with van der Waals surface area (Å²) in [5.74, 6) is 0.0440. The maximum absolute atomic E-state index is 13.3. The topological polar surface area (TPSA) is 58.6 Å². The highest BCUT2D eigenvalue weighted by Crippen LogP contribution is 2.33. The second kappa shape index (κ2) is 7.56. The van der Waals surface area contributed by atoms with E-state index in [4.69, 9.17) is 4.74 Å². The molecule has 0 aliphatic carbocycles. The largest absolute Gasteiger partial charge is 0.479 e. The van der Waals surface area contributed by atoms with E-state index < -0.39 is 6.10 Å². The van der Waals surface area contributed by atoms with Crippen LogP contribution in [0.25, 0.3) is 0 Å². The molecule has 1 atom stereocenters. The molecule has 3 rings (SSSR count). The third-order valence-electron chi connectivity index (χ3n) is 4.35. The van der Waals surface area contributed by atoms with E-state index in [2.05, 4.69) is 5.32 Å². The van der Waals surface area contributed by atoms with E-state index in [0.717, 1.165) is 5.56 Å². The number of carbonyl (C=O) groups excluding carboxylic acids is 2. The summed E-state index contributed by atoms with van der Waals surface area (Å²) in [5.41, 5.74) is 2.05. The van der Waals surface area contributed by atoms with Crippen molar-refractivity contribution in [1.29, 1.82) is 0 Å². The molecule has 0 fully saturated rings. The molecule has 0 unspecified atom stereocenters. The van der Waals surface area contributed by atoms with Crippen LogP contribution in [-0.2, 0) is 16.1 Å².